The van der Waals surface area contributed by atoms with Gasteiger partial charge in [-0.1, -0.05) is 41.9 Å². The Morgan fingerprint density at radius 2 is 1.87 bits per heavy atom. The number of rotatable bonds is 7. The van der Waals surface area contributed by atoms with Crippen LogP contribution in [0.3, 0.4) is 0 Å². The molecule has 0 aliphatic rings. The lowest BCUT2D eigenvalue weighted by atomic mass is 10.1. The number of carbonyl (C=O) groups is 1. The molecule has 2 amide bonds. The molecule has 0 heterocycles. The van der Waals surface area contributed by atoms with Gasteiger partial charge in [0.25, 0.3) is 0 Å². The Kier molecular flexibility index (Phi) is 6.76. The van der Waals surface area contributed by atoms with Gasteiger partial charge in [0.15, 0.2) is 0 Å². The first-order valence-corrected chi connectivity index (χ1v) is 7.97. The Morgan fingerprint density at radius 3 is 2.65 bits per heavy atom. The fourth-order valence-corrected chi connectivity index (χ4v) is 2.33. The molecule has 0 atom stereocenters. The van der Waals surface area contributed by atoms with Gasteiger partial charge < -0.3 is 15.4 Å². The monoisotopic (exact) mass is 332 g/mol. The summed E-state index contributed by atoms with van der Waals surface area (Å²) in [7, 11) is 0. The van der Waals surface area contributed by atoms with Gasteiger partial charge in [0.2, 0.25) is 0 Å². The lowest BCUT2D eigenvalue weighted by Gasteiger charge is -2.10. The molecule has 0 saturated heterocycles. The summed E-state index contributed by atoms with van der Waals surface area (Å²) in [6, 6.07) is 15.2. The Morgan fingerprint density at radius 1 is 1.09 bits per heavy atom. The van der Waals surface area contributed by atoms with E-state index in [4.69, 9.17) is 16.3 Å². The molecule has 5 heteroatoms. The van der Waals surface area contributed by atoms with Crippen LogP contribution in [-0.4, -0.2) is 25.7 Å². The number of amides is 2. The Bertz CT molecular complexity index is 646. The SMILES string of the molecule is Cc1ccccc1OCCNC(=O)NCCc1cccc(Cl)c1. The summed E-state index contributed by atoms with van der Waals surface area (Å²) in [5.41, 5.74) is 2.18. The van der Waals surface area contributed by atoms with Crippen molar-refractivity contribution in [3.63, 3.8) is 0 Å². The minimum atomic E-state index is -0.194. The number of benzene rings is 2. The largest absolute Gasteiger partial charge is 0.491 e. The maximum Gasteiger partial charge on any atom is 0.314 e. The number of ether oxygens (including phenoxy) is 1. The molecule has 23 heavy (non-hydrogen) atoms. The molecule has 4 nitrogen and oxygen atoms in total. The van der Waals surface area contributed by atoms with E-state index >= 15 is 0 Å². The van der Waals surface area contributed by atoms with Crippen LogP contribution in [0.1, 0.15) is 11.1 Å². The van der Waals surface area contributed by atoms with Crippen molar-refractivity contribution in [2.45, 2.75) is 13.3 Å². The van der Waals surface area contributed by atoms with Crippen LogP contribution in [0.25, 0.3) is 0 Å². The maximum absolute atomic E-state index is 11.7. The van der Waals surface area contributed by atoms with Crippen LogP contribution in [0, 0.1) is 6.92 Å². The van der Waals surface area contributed by atoms with Crippen molar-refractivity contribution in [2.24, 2.45) is 0 Å². The molecule has 2 aromatic carbocycles. The first kappa shape index (κ1) is 17.2. The fourth-order valence-electron chi connectivity index (χ4n) is 2.12. The molecule has 0 aromatic heterocycles. The van der Waals surface area contributed by atoms with E-state index in [1.807, 2.05) is 55.5 Å². The molecule has 2 aromatic rings. The summed E-state index contributed by atoms with van der Waals surface area (Å²) in [6.45, 7) is 3.44. The van der Waals surface area contributed by atoms with E-state index in [-0.39, 0.29) is 6.03 Å². The predicted octanol–water partition coefficient (Wildman–Crippen LogP) is 3.57. The van der Waals surface area contributed by atoms with Gasteiger partial charge >= 0.3 is 6.03 Å². The molecule has 0 spiro atoms. The second kappa shape index (κ2) is 9.06. The van der Waals surface area contributed by atoms with Crippen LogP contribution in [0.2, 0.25) is 5.02 Å². The number of carbonyl (C=O) groups excluding carboxylic acids is 1. The zero-order chi connectivity index (χ0) is 16.5. The molecule has 0 radical (unpaired) electrons. The average Bonchev–Trinajstić information content (AvgIpc) is 2.53. The fraction of sp³-hybridized carbons (Fsp3) is 0.278. The normalized spacial score (nSPS) is 10.2. The van der Waals surface area contributed by atoms with E-state index in [0.717, 1.165) is 23.3 Å². The summed E-state index contributed by atoms with van der Waals surface area (Å²) >= 11 is 5.92. The van der Waals surface area contributed by atoms with Crippen LogP contribution < -0.4 is 15.4 Å². The number of nitrogens with one attached hydrogen (secondary N) is 2. The third-order valence-corrected chi connectivity index (χ3v) is 3.56. The first-order chi connectivity index (χ1) is 11.1. The van der Waals surface area contributed by atoms with Gasteiger partial charge in [-0.05, 0) is 42.7 Å². The highest BCUT2D eigenvalue weighted by Gasteiger charge is 2.01. The molecule has 0 bridgehead atoms. The molecule has 0 saturated carbocycles. The molecular weight excluding hydrogens is 312 g/mol. The van der Waals surface area contributed by atoms with Crippen LogP contribution in [0.4, 0.5) is 4.79 Å². The van der Waals surface area contributed by atoms with E-state index < -0.39 is 0 Å². The molecule has 0 fully saturated rings. The van der Waals surface area contributed by atoms with Crippen molar-refractivity contribution >= 4 is 17.6 Å². The highest BCUT2D eigenvalue weighted by molar-refractivity contribution is 6.30. The molecule has 0 aliphatic carbocycles. The molecule has 2 N–H and O–H groups in total. The second-order valence-corrected chi connectivity index (χ2v) is 5.61. The Hall–Kier alpha value is -2.20. The lowest BCUT2D eigenvalue weighted by Crippen LogP contribution is -2.38. The van der Waals surface area contributed by atoms with E-state index in [0.29, 0.717) is 24.7 Å². The van der Waals surface area contributed by atoms with Crippen molar-refractivity contribution in [3.8, 4) is 5.75 Å². The van der Waals surface area contributed by atoms with E-state index in [1.165, 1.54) is 0 Å². The quantitative estimate of drug-likeness (QED) is 0.761. The molecule has 2 rings (SSSR count). The molecule has 0 unspecified atom stereocenters. The molecule has 122 valence electrons. The number of para-hydroxylation sites is 1. The zero-order valence-corrected chi connectivity index (χ0v) is 13.9. The summed E-state index contributed by atoms with van der Waals surface area (Å²) in [4.78, 5) is 11.7. The highest BCUT2D eigenvalue weighted by atomic mass is 35.5. The number of hydrogen-bond acceptors (Lipinski definition) is 2. The Balaban J connectivity index is 1.59. The summed E-state index contributed by atoms with van der Waals surface area (Å²) in [5.74, 6) is 0.843. The summed E-state index contributed by atoms with van der Waals surface area (Å²) < 4.78 is 5.62. The van der Waals surface area contributed by atoms with Gasteiger partial charge in [-0.3, -0.25) is 0 Å². The van der Waals surface area contributed by atoms with Crippen LogP contribution in [0.5, 0.6) is 5.75 Å². The van der Waals surface area contributed by atoms with Crippen molar-refractivity contribution in [2.75, 3.05) is 19.7 Å². The minimum absolute atomic E-state index is 0.194. The third-order valence-electron chi connectivity index (χ3n) is 3.33. The number of halogens is 1. The second-order valence-electron chi connectivity index (χ2n) is 5.18. The average molecular weight is 333 g/mol. The van der Waals surface area contributed by atoms with E-state index in [9.17, 15) is 4.79 Å². The smallest absolute Gasteiger partial charge is 0.314 e. The van der Waals surface area contributed by atoms with Crippen LogP contribution >= 0.6 is 11.6 Å². The number of hydrogen-bond donors (Lipinski definition) is 2. The number of urea groups is 1. The number of aryl methyl sites for hydroxylation is 1. The van der Waals surface area contributed by atoms with Gasteiger partial charge in [0, 0.05) is 11.6 Å². The summed E-state index contributed by atoms with van der Waals surface area (Å²) in [6.07, 6.45) is 0.744. The Labute approximate surface area is 141 Å². The first-order valence-electron chi connectivity index (χ1n) is 7.60. The summed E-state index contributed by atoms with van der Waals surface area (Å²) in [5, 5.41) is 6.29. The predicted molar refractivity (Wildman–Crippen MR) is 93.2 cm³/mol. The van der Waals surface area contributed by atoms with Crippen molar-refractivity contribution in [1.29, 1.82) is 0 Å². The zero-order valence-electron chi connectivity index (χ0n) is 13.1. The standard InChI is InChI=1S/C18H21ClN2O2/c1-14-5-2-3-8-17(14)23-12-11-21-18(22)20-10-9-15-6-4-7-16(19)13-15/h2-8,13H,9-12H2,1H3,(H2,20,21,22). The minimum Gasteiger partial charge on any atom is -0.491 e. The van der Waals surface area contributed by atoms with Gasteiger partial charge in [-0.2, -0.15) is 0 Å². The van der Waals surface area contributed by atoms with Crippen LogP contribution in [-0.2, 0) is 6.42 Å². The lowest BCUT2D eigenvalue weighted by molar-refractivity contribution is 0.236. The molecule has 0 aliphatic heterocycles. The molecular formula is C18H21ClN2O2. The van der Waals surface area contributed by atoms with Crippen molar-refractivity contribution in [1.82, 2.24) is 10.6 Å². The van der Waals surface area contributed by atoms with E-state index in [1.54, 1.807) is 0 Å². The van der Waals surface area contributed by atoms with Gasteiger partial charge in [0.05, 0.1) is 6.54 Å². The van der Waals surface area contributed by atoms with Gasteiger partial charge in [-0.25, -0.2) is 4.79 Å². The third kappa shape index (κ3) is 6.20. The highest BCUT2D eigenvalue weighted by Crippen LogP contribution is 2.15. The van der Waals surface area contributed by atoms with Crippen LogP contribution in [0.15, 0.2) is 48.5 Å². The van der Waals surface area contributed by atoms with Crippen molar-refractivity contribution < 1.29 is 9.53 Å². The topological polar surface area (TPSA) is 50.4 Å². The van der Waals surface area contributed by atoms with Gasteiger partial charge in [-0.15, -0.1) is 0 Å². The van der Waals surface area contributed by atoms with Gasteiger partial charge in [0.1, 0.15) is 12.4 Å². The maximum atomic E-state index is 11.7. The van der Waals surface area contributed by atoms with Crippen molar-refractivity contribution in [3.05, 3.63) is 64.7 Å². The van der Waals surface area contributed by atoms with E-state index in [2.05, 4.69) is 10.6 Å².